The molecule has 8 aromatic carbocycles. The summed E-state index contributed by atoms with van der Waals surface area (Å²) in [5.41, 5.74) is 20.3. The molecule has 0 atom stereocenters. The SMILES string of the molecule is CC.CC/C=C\c1cc(-c2nc(-c3ccccc3)nc(-c3ccc(-c4cccc(-c5cccc6c5-c5ccccc5C65c6ccccc6-c6ccccc65)c4)cc3)n2)ccc1C. The van der Waals surface area contributed by atoms with Gasteiger partial charge in [0.2, 0.25) is 0 Å². The van der Waals surface area contributed by atoms with Crippen molar-refractivity contribution in [3.05, 3.63) is 228 Å². The summed E-state index contributed by atoms with van der Waals surface area (Å²) in [4.78, 5) is 15.1. The van der Waals surface area contributed by atoms with E-state index in [1.807, 2.05) is 32.0 Å². The third-order valence-electron chi connectivity index (χ3n) is 12.4. The van der Waals surface area contributed by atoms with Crippen molar-refractivity contribution in [3.8, 4) is 78.7 Å². The number of nitrogens with zero attached hydrogens (tertiary/aromatic N) is 3. The second-order valence-electron chi connectivity index (χ2n) is 15.8. The fourth-order valence-corrected chi connectivity index (χ4v) is 9.62. The van der Waals surface area contributed by atoms with E-state index in [0.29, 0.717) is 17.5 Å². The lowest BCUT2D eigenvalue weighted by Crippen LogP contribution is -2.25. The molecule has 2 aliphatic carbocycles. The molecule has 0 fully saturated rings. The maximum absolute atomic E-state index is 5.07. The zero-order valence-corrected chi connectivity index (χ0v) is 35.6. The Labute approximate surface area is 365 Å². The van der Waals surface area contributed by atoms with E-state index in [0.717, 1.165) is 34.2 Å². The van der Waals surface area contributed by atoms with Gasteiger partial charge in [0.25, 0.3) is 0 Å². The second-order valence-corrected chi connectivity index (χ2v) is 15.8. The summed E-state index contributed by atoms with van der Waals surface area (Å²) in [5, 5.41) is 0. The minimum atomic E-state index is -0.369. The molecule has 0 unspecified atom stereocenters. The molecule has 1 heterocycles. The van der Waals surface area contributed by atoms with Crippen LogP contribution in [0.4, 0.5) is 0 Å². The normalized spacial score (nSPS) is 12.6. The van der Waals surface area contributed by atoms with Crippen molar-refractivity contribution in [2.75, 3.05) is 0 Å². The van der Waals surface area contributed by atoms with Crippen LogP contribution in [0.1, 0.15) is 60.6 Å². The van der Waals surface area contributed by atoms with E-state index in [9.17, 15) is 0 Å². The Balaban J connectivity index is 0.00000226. The number of rotatable bonds is 7. The molecule has 0 saturated carbocycles. The van der Waals surface area contributed by atoms with Gasteiger partial charge in [-0.15, -0.1) is 0 Å². The Hall–Kier alpha value is -7.49. The number of allylic oxidation sites excluding steroid dienone is 1. The van der Waals surface area contributed by atoms with Gasteiger partial charge in [-0.3, -0.25) is 0 Å². The minimum absolute atomic E-state index is 0.369. The molecule has 9 aromatic rings. The Morgan fingerprint density at radius 1 is 0.403 bits per heavy atom. The number of benzene rings is 8. The van der Waals surface area contributed by atoms with E-state index in [4.69, 9.17) is 15.0 Å². The fraction of sp³-hybridized carbons (Fsp3) is 0.102. The van der Waals surface area contributed by atoms with Crippen molar-refractivity contribution in [2.45, 2.75) is 39.5 Å². The van der Waals surface area contributed by atoms with E-state index in [1.54, 1.807) is 0 Å². The summed E-state index contributed by atoms with van der Waals surface area (Å²) in [7, 11) is 0. The minimum Gasteiger partial charge on any atom is -0.208 e. The van der Waals surface area contributed by atoms with Crippen molar-refractivity contribution in [3.63, 3.8) is 0 Å². The standard InChI is InChI=1S/C57H41N3.C2H6/c1-3-4-16-41-35-44(30-29-37(41)2)56-59-54(39-17-6-5-7-18-39)58-55(60-56)40-33-31-38(32-34-40)42-19-14-20-43(36-42)45-24-15-28-52-53(45)48-23-10-13-27-51(48)57(52)49-25-11-8-21-46(49)47-22-9-12-26-50(47)57;1-2/h4-36H,3H2,1-2H3;1-2H3/b16-4-;. The third kappa shape index (κ3) is 6.32. The van der Waals surface area contributed by atoms with Gasteiger partial charge in [0.15, 0.2) is 17.5 Å². The van der Waals surface area contributed by atoms with Crippen molar-refractivity contribution in [1.29, 1.82) is 0 Å². The highest BCUT2D eigenvalue weighted by atomic mass is 15.0. The molecule has 62 heavy (non-hydrogen) atoms. The number of aryl methyl sites for hydroxylation is 1. The summed E-state index contributed by atoms with van der Waals surface area (Å²) < 4.78 is 0. The lowest BCUT2D eigenvalue weighted by atomic mass is 9.70. The van der Waals surface area contributed by atoms with E-state index in [1.165, 1.54) is 66.8 Å². The molecular formula is C59H47N3. The monoisotopic (exact) mass is 797 g/mol. The van der Waals surface area contributed by atoms with Crippen LogP contribution in [0.5, 0.6) is 0 Å². The molecule has 0 radical (unpaired) electrons. The Morgan fingerprint density at radius 2 is 0.871 bits per heavy atom. The van der Waals surface area contributed by atoms with Crippen LogP contribution in [-0.4, -0.2) is 15.0 Å². The van der Waals surface area contributed by atoms with E-state index in [2.05, 4.69) is 196 Å². The summed E-state index contributed by atoms with van der Waals surface area (Å²) in [6.45, 7) is 8.29. The molecule has 2 aliphatic rings. The molecule has 0 bridgehead atoms. The molecule has 298 valence electrons. The summed E-state index contributed by atoms with van der Waals surface area (Å²) in [6, 6.07) is 68.1. The van der Waals surface area contributed by atoms with Crippen LogP contribution < -0.4 is 0 Å². The van der Waals surface area contributed by atoms with Gasteiger partial charge in [0, 0.05) is 16.7 Å². The van der Waals surface area contributed by atoms with Crippen molar-refractivity contribution in [2.24, 2.45) is 0 Å². The molecule has 0 amide bonds. The quantitative estimate of drug-likeness (QED) is 0.161. The van der Waals surface area contributed by atoms with E-state index < -0.39 is 0 Å². The van der Waals surface area contributed by atoms with Gasteiger partial charge in [-0.25, -0.2) is 15.0 Å². The van der Waals surface area contributed by atoms with Crippen LogP contribution >= 0.6 is 0 Å². The molecular weight excluding hydrogens is 751 g/mol. The molecule has 1 spiro atoms. The predicted molar refractivity (Wildman–Crippen MR) is 259 cm³/mol. The second kappa shape index (κ2) is 16.2. The summed E-state index contributed by atoms with van der Waals surface area (Å²) in [5.74, 6) is 1.96. The summed E-state index contributed by atoms with van der Waals surface area (Å²) >= 11 is 0. The van der Waals surface area contributed by atoms with E-state index in [-0.39, 0.29) is 5.41 Å². The van der Waals surface area contributed by atoms with Gasteiger partial charge in [-0.05, 0) is 103 Å². The van der Waals surface area contributed by atoms with Crippen LogP contribution in [0.2, 0.25) is 0 Å². The first kappa shape index (κ1) is 38.7. The van der Waals surface area contributed by atoms with Crippen LogP contribution in [0.25, 0.3) is 84.7 Å². The number of fused-ring (bicyclic) bond motifs is 10. The van der Waals surface area contributed by atoms with Crippen molar-refractivity contribution >= 4 is 6.08 Å². The van der Waals surface area contributed by atoms with Crippen LogP contribution in [0.15, 0.2) is 194 Å². The Bertz CT molecular complexity index is 3090. The third-order valence-corrected chi connectivity index (χ3v) is 12.4. The van der Waals surface area contributed by atoms with Gasteiger partial charge >= 0.3 is 0 Å². The molecule has 0 N–H and O–H groups in total. The molecule has 3 nitrogen and oxygen atoms in total. The van der Waals surface area contributed by atoms with Gasteiger partial charge < -0.3 is 0 Å². The fourth-order valence-electron chi connectivity index (χ4n) is 9.62. The first-order chi connectivity index (χ1) is 30.6. The van der Waals surface area contributed by atoms with Gasteiger partial charge in [0.05, 0.1) is 5.41 Å². The van der Waals surface area contributed by atoms with Crippen LogP contribution in [0, 0.1) is 6.92 Å². The van der Waals surface area contributed by atoms with Crippen molar-refractivity contribution in [1.82, 2.24) is 15.0 Å². The van der Waals surface area contributed by atoms with Crippen LogP contribution in [0.3, 0.4) is 0 Å². The predicted octanol–water partition coefficient (Wildman–Crippen LogP) is 15.3. The zero-order valence-electron chi connectivity index (χ0n) is 35.6. The first-order valence-electron chi connectivity index (χ1n) is 21.8. The lowest BCUT2D eigenvalue weighted by molar-refractivity contribution is 0.794. The highest BCUT2D eigenvalue weighted by Crippen LogP contribution is 2.63. The Kier molecular flexibility index (Phi) is 10.1. The highest BCUT2D eigenvalue weighted by molar-refractivity contribution is 6.00. The first-order valence-corrected chi connectivity index (χ1v) is 21.8. The molecule has 1 aromatic heterocycles. The largest absolute Gasteiger partial charge is 0.208 e. The summed E-state index contributed by atoms with van der Waals surface area (Å²) in [6.07, 6.45) is 5.35. The number of hydrogen-bond donors (Lipinski definition) is 0. The number of hydrogen-bond acceptors (Lipinski definition) is 3. The molecule has 0 aliphatic heterocycles. The molecule has 3 heteroatoms. The topological polar surface area (TPSA) is 38.7 Å². The van der Waals surface area contributed by atoms with Crippen LogP contribution in [-0.2, 0) is 5.41 Å². The number of aromatic nitrogens is 3. The maximum Gasteiger partial charge on any atom is 0.164 e. The van der Waals surface area contributed by atoms with Crippen molar-refractivity contribution < 1.29 is 0 Å². The van der Waals surface area contributed by atoms with E-state index >= 15 is 0 Å². The Morgan fingerprint density at radius 3 is 1.53 bits per heavy atom. The maximum atomic E-state index is 5.07. The van der Waals surface area contributed by atoms with Gasteiger partial charge in [-0.2, -0.15) is 0 Å². The smallest absolute Gasteiger partial charge is 0.164 e. The highest BCUT2D eigenvalue weighted by Gasteiger charge is 2.51. The average Bonchev–Trinajstić information content (AvgIpc) is 3.82. The molecule has 11 rings (SSSR count). The lowest BCUT2D eigenvalue weighted by Gasteiger charge is -2.30. The zero-order chi connectivity index (χ0) is 42.2. The molecule has 0 saturated heterocycles. The van der Waals surface area contributed by atoms with Gasteiger partial charge in [0.1, 0.15) is 0 Å². The average molecular weight is 798 g/mol. The van der Waals surface area contributed by atoms with Gasteiger partial charge in [-0.1, -0.05) is 209 Å².